The smallest absolute Gasteiger partial charge is 0.339 e. The van der Waals surface area contributed by atoms with Crippen LogP contribution in [-0.2, 0) is 16.1 Å². The normalized spacial score (nSPS) is 13.2. The van der Waals surface area contributed by atoms with Gasteiger partial charge in [-0.05, 0) is 49.2 Å². The molecule has 3 aromatic rings. The van der Waals surface area contributed by atoms with Crippen LogP contribution in [0.2, 0.25) is 0 Å². The highest BCUT2D eigenvalue weighted by Crippen LogP contribution is 2.25. The van der Waals surface area contributed by atoms with Crippen LogP contribution in [-0.4, -0.2) is 52.9 Å². The quantitative estimate of drug-likeness (QED) is 0.375. The molecular formula is C23H23N3O5S. The van der Waals surface area contributed by atoms with Gasteiger partial charge in [0.1, 0.15) is 5.75 Å². The van der Waals surface area contributed by atoms with Crippen molar-refractivity contribution in [2.24, 2.45) is 0 Å². The van der Waals surface area contributed by atoms with Crippen molar-refractivity contribution in [2.75, 3.05) is 26.0 Å². The summed E-state index contributed by atoms with van der Waals surface area (Å²) in [5.41, 5.74) is 1.16. The number of hydrogen-bond donors (Lipinski definition) is 0. The third kappa shape index (κ3) is 5.28. The standard InChI is InChI=1S/C23H23N3O5S/c1-29-17-10-8-16(9-11-17)22-24-20(31-25-22)14-30-23(28)18-6-2-3-7-19(18)32-15-21(27)26-12-4-5-13-26/h2-3,6-11H,4-5,12-15H2,1H3. The van der Waals surface area contributed by atoms with Gasteiger partial charge >= 0.3 is 5.97 Å². The van der Waals surface area contributed by atoms with E-state index in [0.717, 1.165) is 37.2 Å². The summed E-state index contributed by atoms with van der Waals surface area (Å²) in [6.45, 7) is 1.48. The molecule has 0 atom stereocenters. The molecule has 0 saturated carbocycles. The number of nitrogens with zero attached hydrogens (tertiary/aromatic N) is 3. The summed E-state index contributed by atoms with van der Waals surface area (Å²) in [6, 6.07) is 14.3. The van der Waals surface area contributed by atoms with Crippen molar-refractivity contribution < 1.29 is 23.6 Å². The van der Waals surface area contributed by atoms with E-state index in [9.17, 15) is 9.59 Å². The minimum absolute atomic E-state index is 0.0904. The lowest BCUT2D eigenvalue weighted by atomic mass is 10.2. The Morgan fingerprint density at radius 3 is 2.59 bits per heavy atom. The maximum atomic E-state index is 12.7. The molecule has 8 nitrogen and oxygen atoms in total. The predicted octanol–water partition coefficient (Wildman–Crippen LogP) is 3.82. The molecule has 1 aliphatic rings. The first-order valence-corrected chi connectivity index (χ1v) is 11.3. The molecule has 0 spiro atoms. The lowest BCUT2D eigenvalue weighted by molar-refractivity contribution is -0.127. The minimum atomic E-state index is -0.508. The minimum Gasteiger partial charge on any atom is -0.497 e. The maximum absolute atomic E-state index is 12.7. The molecule has 1 saturated heterocycles. The number of likely N-dealkylation sites (tertiary alicyclic amines) is 1. The highest BCUT2D eigenvalue weighted by molar-refractivity contribution is 8.00. The average molecular weight is 454 g/mol. The lowest BCUT2D eigenvalue weighted by Gasteiger charge is -2.15. The van der Waals surface area contributed by atoms with E-state index in [-0.39, 0.29) is 18.4 Å². The Balaban J connectivity index is 1.35. The number of aromatic nitrogens is 2. The first kappa shape index (κ1) is 21.9. The molecule has 0 aliphatic carbocycles. The highest BCUT2D eigenvalue weighted by atomic mass is 32.2. The number of carbonyl (C=O) groups excluding carboxylic acids is 2. The number of methoxy groups -OCH3 is 1. The zero-order valence-corrected chi connectivity index (χ0v) is 18.5. The van der Waals surface area contributed by atoms with Crippen LogP contribution in [0.4, 0.5) is 0 Å². The van der Waals surface area contributed by atoms with Crippen molar-refractivity contribution in [2.45, 2.75) is 24.3 Å². The van der Waals surface area contributed by atoms with E-state index in [0.29, 0.717) is 22.0 Å². The lowest BCUT2D eigenvalue weighted by Crippen LogP contribution is -2.29. The second kappa shape index (κ2) is 10.3. The number of hydrogen-bond acceptors (Lipinski definition) is 8. The third-order valence-electron chi connectivity index (χ3n) is 5.06. The summed E-state index contributed by atoms with van der Waals surface area (Å²) in [5.74, 6) is 1.19. The van der Waals surface area contributed by atoms with Gasteiger partial charge in [0.15, 0.2) is 6.61 Å². The van der Waals surface area contributed by atoms with Gasteiger partial charge in [0.05, 0.1) is 18.4 Å². The van der Waals surface area contributed by atoms with E-state index < -0.39 is 5.97 Å². The van der Waals surface area contributed by atoms with Crippen LogP contribution >= 0.6 is 11.8 Å². The van der Waals surface area contributed by atoms with Crippen molar-refractivity contribution in [3.05, 3.63) is 60.0 Å². The number of amides is 1. The number of carbonyl (C=O) groups is 2. The number of rotatable bonds is 8. The molecule has 2 heterocycles. The summed E-state index contributed by atoms with van der Waals surface area (Å²) in [4.78, 5) is 31.8. The molecule has 0 bridgehead atoms. The Morgan fingerprint density at radius 1 is 1.09 bits per heavy atom. The molecule has 1 aromatic heterocycles. The van der Waals surface area contributed by atoms with E-state index in [1.807, 2.05) is 29.2 Å². The summed E-state index contributed by atoms with van der Waals surface area (Å²) < 4.78 is 15.7. The summed E-state index contributed by atoms with van der Waals surface area (Å²) in [6.07, 6.45) is 2.10. The van der Waals surface area contributed by atoms with E-state index in [1.165, 1.54) is 11.8 Å². The molecule has 4 rings (SSSR count). The fourth-order valence-corrected chi connectivity index (χ4v) is 4.28. The van der Waals surface area contributed by atoms with Crippen LogP contribution in [0, 0.1) is 0 Å². The fourth-order valence-electron chi connectivity index (χ4n) is 3.33. The Labute approximate surface area is 189 Å². The first-order valence-electron chi connectivity index (χ1n) is 10.3. The van der Waals surface area contributed by atoms with Crippen molar-refractivity contribution >= 4 is 23.6 Å². The van der Waals surface area contributed by atoms with Gasteiger partial charge < -0.3 is 18.9 Å². The molecule has 2 aromatic carbocycles. The average Bonchev–Trinajstić information content (AvgIpc) is 3.54. The van der Waals surface area contributed by atoms with Gasteiger partial charge in [0, 0.05) is 23.5 Å². The van der Waals surface area contributed by atoms with Gasteiger partial charge in [-0.25, -0.2) is 4.79 Å². The van der Waals surface area contributed by atoms with Gasteiger partial charge in [0.2, 0.25) is 11.7 Å². The Kier molecular flexibility index (Phi) is 7.06. The summed E-state index contributed by atoms with van der Waals surface area (Å²) in [7, 11) is 1.60. The van der Waals surface area contributed by atoms with E-state index in [4.69, 9.17) is 14.0 Å². The van der Waals surface area contributed by atoms with Crippen LogP contribution in [0.15, 0.2) is 57.9 Å². The molecule has 9 heteroatoms. The van der Waals surface area contributed by atoms with Gasteiger partial charge in [-0.1, -0.05) is 17.3 Å². The number of esters is 1. The predicted molar refractivity (Wildman–Crippen MR) is 118 cm³/mol. The first-order chi connectivity index (χ1) is 15.6. The van der Waals surface area contributed by atoms with Gasteiger partial charge in [-0.3, -0.25) is 4.79 Å². The number of benzene rings is 2. The Hall–Kier alpha value is -3.33. The molecule has 32 heavy (non-hydrogen) atoms. The molecule has 1 amide bonds. The van der Waals surface area contributed by atoms with E-state index in [1.54, 1.807) is 31.4 Å². The van der Waals surface area contributed by atoms with E-state index >= 15 is 0 Å². The summed E-state index contributed by atoms with van der Waals surface area (Å²) >= 11 is 1.34. The van der Waals surface area contributed by atoms with Crippen molar-refractivity contribution in [1.82, 2.24) is 15.0 Å². The van der Waals surface area contributed by atoms with E-state index in [2.05, 4.69) is 10.1 Å². The number of thioether (sulfide) groups is 1. The molecule has 166 valence electrons. The Bertz CT molecular complexity index is 1080. The molecule has 0 radical (unpaired) electrons. The van der Waals surface area contributed by atoms with Gasteiger partial charge in [0.25, 0.3) is 5.89 Å². The zero-order valence-electron chi connectivity index (χ0n) is 17.7. The number of ether oxygens (including phenoxy) is 2. The van der Waals surface area contributed by atoms with Crippen molar-refractivity contribution in [1.29, 1.82) is 0 Å². The second-order valence-corrected chi connectivity index (χ2v) is 8.21. The molecule has 0 N–H and O–H groups in total. The van der Waals surface area contributed by atoms with Crippen LogP contribution in [0.5, 0.6) is 5.75 Å². The van der Waals surface area contributed by atoms with Gasteiger partial charge in [-0.2, -0.15) is 4.98 Å². The van der Waals surface area contributed by atoms with Crippen LogP contribution in [0.3, 0.4) is 0 Å². The topological polar surface area (TPSA) is 94.8 Å². The van der Waals surface area contributed by atoms with Crippen LogP contribution < -0.4 is 4.74 Å². The molecule has 0 unspecified atom stereocenters. The molecule has 1 fully saturated rings. The zero-order chi connectivity index (χ0) is 22.3. The maximum Gasteiger partial charge on any atom is 0.339 e. The van der Waals surface area contributed by atoms with Crippen molar-refractivity contribution in [3.63, 3.8) is 0 Å². The van der Waals surface area contributed by atoms with Gasteiger partial charge in [-0.15, -0.1) is 11.8 Å². The highest BCUT2D eigenvalue weighted by Gasteiger charge is 2.20. The largest absolute Gasteiger partial charge is 0.497 e. The second-order valence-electron chi connectivity index (χ2n) is 7.19. The van der Waals surface area contributed by atoms with Crippen LogP contribution in [0.1, 0.15) is 29.1 Å². The fraction of sp³-hybridized carbons (Fsp3) is 0.304. The molecular weight excluding hydrogens is 430 g/mol. The third-order valence-corrected chi connectivity index (χ3v) is 6.12. The Morgan fingerprint density at radius 2 is 1.84 bits per heavy atom. The monoisotopic (exact) mass is 453 g/mol. The van der Waals surface area contributed by atoms with Crippen LogP contribution in [0.25, 0.3) is 11.4 Å². The van der Waals surface area contributed by atoms with Crippen molar-refractivity contribution in [3.8, 4) is 17.1 Å². The SMILES string of the molecule is COc1ccc(-c2noc(COC(=O)c3ccccc3SCC(=O)N3CCCC3)n2)cc1. The summed E-state index contributed by atoms with van der Waals surface area (Å²) in [5, 5.41) is 3.93. The molecule has 1 aliphatic heterocycles.